The molecule has 2 aliphatic heterocycles. The second-order valence-electron chi connectivity index (χ2n) is 8.67. The van der Waals surface area contributed by atoms with Crippen molar-refractivity contribution in [1.82, 2.24) is 14.8 Å². The van der Waals surface area contributed by atoms with Crippen molar-refractivity contribution in [2.24, 2.45) is 0 Å². The Balaban J connectivity index is 1.42. The predicted octanol–water partition coefficient (Wildman–Crippen LogP) is 2.84. The summed E-state index contributed by atoms with van der Waals surface area (Å²) in [6, 6.07) is 12.6. The highest BCUT2D eigenvalue weighted by molar-refractivity contribution is 5.88. The van der Waals surface area contributed by atoms with E-state index in [1.54, 1.807) is 13.3 Å². The van der Waals surface area contributed by atoms with Crippen LogP contribution in [0.5, 0.6) is 5.75 Å². The van der Waals surface area contributed by atoms with Crippen molar-refractivity contribution < 1.29 is 14.3 Å². The lowest BCUT2D eigenvalue weighted by Crippen LogP contribution is -2.60. The number of rotatable bonds is 5. The highest BCUT2D eigenvalue weighted by atomic mass is 16.5. The molecule has 3 aliphatic rings. The number of nitrogens with zero attached hydrogens (tertiary/aromatic N) is 3. The molecule has 1 amide bonds. The fourth-order valence-electron chi connectivity index (χ4n) is 5.08. The maximum absolute atomic E-state index is 13.9. The fourth-order valence-corrected chi connectivity index (χ4v) is 5.08. The lowest BCUT2D eigenvalue weighted by Gasteiger charge is -2.43. The van der Waals surface area contributed by atoms with Crippen LogP contribution < -0.4 is 4.74 Å². The first kappa shape index (κ1) is 19.5. The molecule has 0 unspecified atom stereocenters. The summed E-state index contributed by atoms with van der Waals surface area (Å²) < 4.78 is 11.6. The van der Waals surface area contributed by atoms with E-state index in [9.17, 15) is 4.79 Å². The van der Waals surface area contributed by atoms with Crippen LogP contribution in [-0.2, 0) is 16.1 Å². The molecule has 2 aromatic rings. The molecule has 2 atom stereocenters. The molecule has 1 aliphatic carbocycles. The third kappa shape index (κ3) is 3.38. The van der Waals surface area contributed by atoms with Crippen LogP contribution in [0.15, 0.2) is 48.8 Å². The molecule has 1 spiro atoms. The van der Waals surface area contributed by atoms with E-state index in [4.69, 9.17) is 9.47 Å². The molecule has 30 heavy (non-hydrogen) atoms. The van der Waals surface area contributed by atoms with Crippen LogP contribution in [0.4, 0.5) is 0 Å². The van der Waals surface area contributed by atoms with Gasteiger partial charge < -0.3 is 14.4 Å². The molecule has 0 N–H and O–H groups in total. The highest BCUT2D eigenvalue weighted by Crippen LogP contribution is 2.44. The van der Waals surface area contributed by atoms with Crippen LogP contribution in [0.1, 0.15) is 36.3 Å². The van der Waals surface area contributed by atoms with Gasteiger partial charge in [0.2, 0.25) is 0 Å². The van der Waals surface area contributed by atoms with E-state index in [1.807, 2.05) is 41.4 Å². The number of methoxy groups -OCH3 is 1. The van der Waals surface area contributed by atoms with E-state index >= 15 is 0 Å². The van der Waals surface area contributed by atoms with Gasteiger partial charge >= 0.3 is 0 Å². The minimum Gasteiger partial charge on any atom is -0.497 e. The van der Waals surface area contributed by atoms with Gasteiger partial charge in [0.25, 0.3) is 5.91 Å². The maximum atomic E-state index is 13.9. The molecule has 1 saturated carbocycles. The molecule has 1 aromatic carbocycles. The number of benzene rings is 1. The van der Waals surface area contributed by atoms with Crippen molar-refractivity contribution >= 4 is 5.91 Å². The Labute approximate surface area is 177 Å². The summed E-state index contributed by atoms with van der Waals surface area (Å²) in [6.45, 7) is 3.32. The summed E-state index contributed by atoms with van der Waals surface area (Å²) in [7, 11) is 1.66. The molecule has 2 saturated heterocycles. The summed E-state index contributed by atoms with van der Waals surface area (Å²) in [4.78, 5) is 22.6. The number of pyridine rings is 1. The average molecular weight is 408 g/mol. The van der Waals surface area contributed by atoms with Gasteiger partial charge in [0.1, 0.15) is 5.75 Å². The van der Waals surface area contributed by atoms with E-state index in [1.165, 1.54) is 19.3 Å². The molecule has 5 rings (SSSR count). The monoisotopic (exact) mass is 407 g/mol. The van der Waals surface area contributed by atoms with E-state index in [0.717, 1.165) is 23.4 Å². The van der Waals surface area contributed by atoms with Gasteiger partial charge in [-0.1, -0.05) is 24.6 Å². The maximum Gasteiger partial charge on any atom is 0.257 e. The van der Waals surface area contributed by atoms with Crippen LogP contribution in [0, 0.1) is 0 Å². The summed E-state index contributed by atoms with van der Waals surface area (Å²) in [5.41, 5.74) is 1.38. The molecule has 158 valence electrons. The molecule has 1 aromatic heterocycles. The van der Waals surface area contributed by atoms with Gasteiger partial charge in [-0.25, -0.2) is 0 Å². The minimum absolute atomic E-state index is 0.0120. The third-order valence-corrected chi connectivity index (χ3v) is 7.00. The van der Waals surface area contributed by atoms with Gasteiger partial charge in [0.05, 0.1) is 13.7 Å². The van der Waals surface area contributed by atoms with Gasteiger partial charge in [-0.05, 0) is 42.2 Å². The fraction of sp³-hybridized carbons (Fsp3) is 0.500. The Hall–Kier alpha value is -2.44. The first-order valence-corrected chi connectivity index (χ1v) is 10.9. The van der Waals surface area contributed by atoms with Crippen molar-refractivity contribution in [3.8, 4) is 5.75 Å². The van der Waals surface area contributed by atoms with Gasteiger partial charge in [0.15, 0.2) is 5.60 Å². The lowest BCUT2D eigenvalue weighted by atomic mass is 9.83. The standard InChI is InChI=1S/C24H29N3O3/c1-29-21-9-7-18(8-10-21)15-26-12-13-30-24(23(26)28)17-27(20-5-2-6-20)16-22(24)19-4-3-11-25-14-19/h3-4,7-11,14,20,22H,2,5-6,12-13,15-17H2,1H3/t22-,24-/m0/s1. The number of morpholine rings is 1. The quantitative estimate of drug-likeness (QED) is 0.763. The first-order valence-electron chi connectivity index (χ1n) is 10.9. The van der Waals surface area contributed by atoms with E-state index in [0.29, 0.717) is 32.3 Å². The number of hydrogen-bond donors (Lipinski definition) is 0. The van der Waals surface area contributed by atoms with Crippen molar-refractivity contribution in [1.29, 1.82) is 0 Å². The molecular weight excluding hydrogens is 378 g/mol. The third-order valence-electron chi connectivity index (χ3n) is 7.00. The Bertz CT molecular complexity index is 884. The number of amides is 1. The molecule has 3 heterocycles. The predicted molar refractivity (Wildman–Crippen MR) is 113 cm³/mol. The average Bonchev–Trinajstić information content (AvgIpc) is 3.11. The number of likely N-dealkylation sites (tertiary alicyclic amines) is 1. The van der Waals surface area contributed by atoms with Crippen molar-refractivity contribution in [3.63, 3.8) is 0 Å². The zero-order valence-electron chi connectivity index (χ0n) is 17.5. The summed E-state index contributed by atoms with van der Waals surface area (Å²) in [6.07, 6.45) is 7.41. The summed E-state index contributed by atoms with van der Waals surface area (Å²) in [5, 5.41) is 0. The number of ether oxygens (including phenoxy) is 2. The minimum atomic E-state index is -0.816. The van der Waals surface area contributed by atoms with Crippen LogP contribution in [0.2, 0.25) is 0 Å². The molecule has 0 bridgehead atoms. The smallest absolute Gasteiger partial charge is 0.257 e. The summed E-state index contributed by atoms with van der Waals surface area (Å²) in [5.74, 6) is 0.949. The second-order valence-corrected chi connectivity index (χ2v) is 8.67. The number of hydrogen-bond acceptors (Lipinski definition) is 5. The number of aromatic nitrogens is 1. The largest absolute Gasteiger partial charge is 0.497 e. The van der Waals surface area contributed by atoms with Crippen molar-refractivity contribution in [3.05, 3.63) is 59.9 Å². The van der Waals surface area contributed by atoms with E-state index in [2.05, 4.69) is 16.0 Å². The Morgan fingerprint density at radius 1 is 1.23 bits per heavy atom. The topological polar surface area (TPSA) is 54.9 Å². The van der Waals surface area contributed by atoms with Crippen molar-refractivity contribution in [2.75, 3.05) is 33.4 Å². The number of carbonyl (C=O) groups excluding carboxylic acids is 1. The van der Waals surface area contributed by atoms with E-state index in [-0.39, 0.29) is 11.8 Å². The molecule has 0 radical (unpaired) electrons. The first-order chi connectivity index (χ1) is 14.7. The Morgan fingerprint density at radius 3 is 2.73 bits per heavy atom. The Morgan fingerprint density at radius 2 is 2.07 bits per heavy atom. The van der Waals surface area contributed by atoms with Crippen LogP contribution in [0.3, 0.4) is 0 Å². The SMILES string of the molecule is COc1ccc(CN2CCO[C@]3(CN(C4CCC4)C[C@H]3c3cccnc3)C2=O)cc1. The molecule has 6 nitrogen and oxygen atoms in total. The number of carbonyl (C=O) groups is 1. The normalized spacial score (nSPS) is 27.4. The molecule has 3 fully saturated rings. The van der Waals surface area contributed by atoms with Gasteiger partial charge in [-0.2, -0.15) is 0 Å². The summed E-state index contributed by atoms with van der Waals surface area (Å²) >= 11 is 0. The van der Waals surface area contributed by atoms with Gasteiger partial charge in [-0.3, -0.25) is 14.7 Å². The van der Waals surface area contributed by atoms with E-state index < -0.39 is 5.60 Å². The zero-order chi connectivity index (χ0) is 20.6. The van der Waals surface area contributed by atoms with Crippen molar-refractivity contribution in [2.45, 2.75) is 43.4 Å². The Kier molecular flexibility index (Phi) is 5.21. The lowest BCUT2D eigenvalue weighted by molar-refractivity contribution is -0.173. The van der Waals surface area contributed by atoms with Crippen LogP contribution in [0.25, 0.3) is 0 Å². The van der Waals surface area contributed by atoms with Gasteiger partial charge in [-0.15, -0.1) is 0 Å². The molecular formula is C24H29N3O3. The van der Waals surface area contributed by atoms with Gasteiger partial charge in [0, 0.05) is 50.5 Å². The second kappa shape index (κ2) is 8.00. The molecule has 6 heteroatoms. The highest BCUT2D eigenvalue weighted by Gasteiger charge is 2.58. The zero-order valence-corrected chi connectivity index (χ0v) is 17.5. The van der Waals surface area contributed by atoms with Crippen LogP contribution >= 0.6 is 0 Å². The van der Waals surface area contributed by atoms with Crippen LogP contribution in [-0.4, -0.2) is 65.7 Å².